The quantitative estimate of drug-likeness (QED) is 0.740. The molecule has 2 rings (SSSR count). The van der Waals surface area contributed by atoms with Crippen molar-refractivity contribution in [1.82, 2.24) is 14.1 Å². The summed E-state index contributed by atoms with van der Waals surface area (Å²) in [5.41, 5.74) is -0.473. The summed E-state index contributed by atoms with van der Waals surface area (Å²) in [6.07, 6.45) is 0.771. The van der Waals surface area contributed by atoms with Gasteiger partial charge in [0.25, 0.3) is 0 Å². The summed E-state index contributed by atoms with van der Waals surface area (Å²) in [4.78, 5) is 38.2. The van der Waals surface area contributed by atoms with Crippen molar-refractivity contribution in [3.05, 3.63) is 57.1 Å². The molecular formula is C13H13N3O3. The van der Waals surface area contributed by atoms with E-state index < -0.39 is 11.4 Å². The van der Waals surface area contributed by atoms with Crippen molar-refractivity contribution in [2.75, 3.05) is 0 Å². The third kappa shape index (κ3) is 2.52. The zero-order valence-electron chi connectivity index (χ0n) is 10.4. The second kappa shape index (κ2) is 5.43. The number of hydrogen-bond acceptors (Lipinski definition) is 4. The molecule has 0 atom stereocenters. The fraction of sp³-hybridized carbons (Fsp3) is 0.231. The largest absolute Gasteiger partial charge is 0.353 e. The van der Waals surface area contributed by atoms with Crippen molar-refractivity contribution in [2.24, 2.45) is 0 Å². The number of para-hydroxylation sites is 1. The van der Waals surface area contributed by atoms with Crippen molar-refractivity contribution < 1.29 is 4.79 Å². The Bertz CT molecular complexity index is 701. The first kappa shape index (κ1) is 12.9. The van der Waals surface area contributed by atoms with Crippen LogP contribution in [0.25, 0.3) is 5.69 Å². The van der Waals surface area contributed by atoms with Crippen LogP contribution in [0.4, 0.5) is 0 Å². The number of hydrogen-bond donors (Lipinski definition) is 0. The van der Waals surface area contributed by atoms with Crippen molar-refractivity contribution in [1.29, 1.82) is 0 Å². The lowest BCUT2D eigenvalue weighted by atomic mass is 10.3. The average Bonchev–Trinajstić information content (AvgIpc) is 2.39. The lowest BCUT2D eigenvalue weighted by Gasteiger charge is -2.11. The van der Waals surface area contributed by atoms with E-state index in [1.807, 2.05) is 6.07 Å². The fourth-order valence-electron chi connectivity index (χ4n) is 1.84. The van der Waals surface area contributed by atoms with Gasteiger partial charge in [-0.1, -0.05) is 18.2 Å². The van der Waals surface area contributed by atoms with Crippen LogP contribution < -0.4 is 11.4 Å². The molecule has 0 aliphatic rings. The second-order valence-electron chi connectivity index (χ2n) is 4.00. The molecule has 0 saturated carbocycles. The number of aromatic nitrogens is 3. The van der Waals surface area contributed by atoms with Gasteiger partial charge in [-0.3, -0.25) is 0 Å². The van der Waals surface area contributed by atoms with Gasteiger partial charge in [0.05, 0.1) is 5.69 Å². The minimum absolute atomic E-state index is 0.0429. The van der Waals surface area contributed by atoms with Crippen molar-refractivity contribution in [3.63, 3.8) is 0 Å². The molecule has 98 valence electrons. The van der Waals surface area contributed by atoms with E-state index in [0.29, 0.717) is 17.8 Å². The summed E-state index contributed by atoms with van der Waals surface area (Å²) >= 11 is 0. The maximum absolute atomic E-state index is 12.3. The number of benzene rings is 1. The molecule has 19 heavy (non-hydrogen) atoms. The van der Waals surface area contributed by atoms with Crippen LogP contribution in [0.1, 0.15) is 12.2 Å². The van der Waals surface area contributed by atoms with Crippen LogP contribution >= 0.6 is 0 Å². The van der Waals surface area contributed by atoms with E-state index in [1.165, 1.54) is 4.57 Å². The molecule has 0 bridgehead atoms. The Kier molecular flexibility index (Phi) is 3.70. The average molecular weight is 259 g/mol. The summed E-state index contributed by atoms with van der Waals surface area (Å²) < 4.78 is 2.32. The van der Waals surface area contributed by atoms with Crippen LogP contribution in [-0.4, -0.2) is 20.4 Å². The first-order valence-electron chi connectivity index (χ1n) is 5.84. The van der Waals surface area contributed by atoms with Crippen molar-refractivity contribution >= 4 is 6.29 Å². The minimum atomic E-state index is -0.628. The SMILES string of the molecule is Cc1nc(=O)n(CCC=O)c(=O)n1-c1ccccc1. The van der Waals surface area contributed by atoms with E-state index in [4.69, 9.17) is 0 Å². The van der Waals surface area contributed by atoms with E-state index >= 15 is 0 Å². The van der Waals surface area contributed by atoms with Crippen LogP contribution in [-0.2, 0) is 11.3 Å². The first-order chi connectivity index (χ1) is 9.15. The van der Waals surface area contributed by atoms with Gasteiger partial charge >= 0.3 is 11.4 Å². The molecule has 1 heterocycles. The Morgan fingerprint density at radius 1 is 1.21 bits per heavy atom. The van der Waals surface area contributed by atoms with Crippen LogP contribution in [0, 0.1) is 6.92 Å². The number of carbonyl (C=O) groups is 1. The van der Waals surface area contributed by atoms with Gasteiger partial charge in [0.2, 0.25) is 0 Å². The van der Waals surface area contributed by atoms with E-state index in [0.717, 1.165) is 4.57 Å². The number of aldehydes is 1. The number of aryl methyl sites for hydroxylation is 1. The highest BCUT2D eigenvalue weighted by Crippen LogP contribution is 2.04. The Balaban J connectivity index is 2.65. The molecule has 1 aromatic carbocycles. The Morgan fingerprint density at radius 2 is 1.89 bits per heavy atom. The third-order valence-electron chi connectivity index (χ3n) is 2.72. The monoisotopic (exact) mass is 259 g/mol. The molecule has 0 N–H and O–H groups in total. The van der Waals surface area contributed by atoms with Gasteiger partial charge in [0, 0.05) is 13.0 Å². The van der Waals surface area contributed by atoms with Crippen molar-refractivity contribution in [2.45, 2.75) is 19.9 Å². The van der Waals surface area contributed by atoms with Gasteiger partial charge < -0.3 is 4.79 Å². The molecule has 0 radical (unpaired) electrons. The summed E-state index contributed by atoms with van der Waals surface area (Å²) in [7, 11) is 0. The topological polar surface area (TPSA) is 74.0 Å². The normalized spacial score (nSPS) is 10.4. The molecule has 6 nitrogen and oxygen atoms in total. The van der Waals surface area contributed by atoms with Crippen LogP contribution in [0.15, 0.2) is 39.9 Å². The van der Waals surface area contributed by atoms with Gasteiger partial charge in [-0.25, -0.2) is 18.7 Å². The highest BCUT2D eigenvalue weighted by molar-refractivity contribution is 5.48. The van der Waals surface area contributed by atoms with Gasteiger partial charge in [-0.05, 0) is 19.1 Å². The predicted octanol–water partition coefficient (Wildman–Crippen LogP) is 0.292. The molecule has 0 aliphatic heterocycles. The Morgan fingerprint density at radius 3 is 2.53 bits per heavy atom. The van der Waals surface area contributed by atoms with E-state index in [9.17, 15) is 14.4 Å². The van der Waals surface area contributed by atoms with Crippen LogP contribution in [0.3, 0.4) is 0 Å². The summed E-state index contributed by atoms with van der Waals surface area (Å²) in [6, 6.07) is 8.93. The maximum Gasteiger partial charge on any atom is 0.353 e. The summed E-state index contributed by atoms with van der Waals surface area (Å²) in [5.74, 6) is 0.323. The van der Waals surface area contributed by atoms with Gasteiger partial charge in [-0.15, -0.1) is 0 Å². The van der Waals surface area contributed by atoms with Gasteiger partial charge in [0.15, 0.2) is 0 Å². The first-order valence-corrected chi connectivity index (χ1v) is 5.84. The molecule has 0 fully saturated rings. The highest BCUT2D eigenvalue weighted by Gasteiger charge is 2.11. The fourth-order valence-corrected chi connectivity index (χ4v) is 1.84. The molecule has 1 aromatic heterocycles. The predicted molar refractivity (Wildman–Crippen MR) is 69.5 cm³/mol. The van der Waals surface area contributed by atoms with E-state index in [1.54, 1.807) is 31.2 Å². The zero-order valence-corrected chi connectivity index (χ0v) is 10.4. The summed E-state index contributed by atoms with van der Waals surface area (Å²) in [5, 5.41) is 0. The number of carbonyl (C=O) groups excluding carboxylic acids is 1. The molecule has 0 unspecified atom stereocenters. The third-order valence-corrected chi connectivity index (χ3v) is 2.72. The molecule has 6 heteroatoms. The van der Waals surface area contributed by atoms with Gasteiger partial charge in [0.1, 0.15) is 12.1 Å². The number of nitrogens with zero attached hydrogens (tertiary/aromatic N) is 3. The second-order valence-corrected chi connectivity index (χ2v) is 4.00. The van der Waals surface area contributed by atoms with E-state index in [-0.39, 0.29) is 13.0 Å². The maximum atomic E-state index is 12.3. The zero-order chi connectivity index (χ0) is 13.8. The number of rotatable bonds is 4. The van der Waals surface area contributed by atoms with Crippen molar-refractivity contribution in [3.8, 4) is 5.69 Å². The molecule has 0 aliphatic carbocycles. The lowest BCUT2D eigenvalue weighted by Crippen LogP contribution is -2.42. The minimum Gasteiger partial charge on any atom is -0.303 e. The molecule has 0 spiro atoms. The Labute approximate surface area is 109 Å². The Hall–Kier alpha value is -2.50. The van der Waals surface area contributed by atoms with E-state index in [2.05, 4.69) is 4.98 Å². The lowest BCUT2D eigenvalue weighted by molar-refractivity contribution is -0.108. The highest BCUT2D eigenvalue weighted by atomic mass is 16.2. The standard InChI is InChI=1S/C13H13N3O3/c1-10-14-12(18)15(8-5-9-17)13(19)16(10)11-6-3-2-4-7-11/h2-4,6-7,9H,5,8H2,1H3. The molecule has 0 saturated heterocycles. The molecular weight excluding hydrogens is 246 g/mol. The molecule has 0 amide bonds. The smallest absolute Gasteiger partial charge is 0.303 e. The summed E-state index contributed by atoms with van der Waals surface area (Å²) in [6.45, 7) is 1.64. The van der Waals surface area contributed by atoms with Gasteiger partial charge in [-0.2, -0.15) is 4.98 Å². The van der Waals surface area contributed by atoms with Crippen LogP contribution in [0.5, 0.6) is 0 Å². The molecule has 2 aromatic rings. The van der Waals surface area contributed by atoms with Crippen LogP contribution in [0.2, 0.25) is 0 Å².